The van der Waals surface area contributed by atoms with Crippen LogP contribution in [0.5, 0.6) is 0 Å². The molecule has 33 heavy (non-hydrogen) atoms. The van der Waals surface area contributed by atoms with Crippen molar-refractivity contribution in [2.24, 2.45) is 11.3 Å². The molecule has 3 nitrogen and oxygen atoms in total. The van der Waals surface area contributed by atoms with Crippen molar-refractivity contribution in [1.29, 1.82) is 0 Å². The molecule has 0 saturated heterocycles. The van der Waals surface area contributed by atoms with Crippen molar-refractivity contribution < 1.29 is 9.59 Å². The summed E-state index contributed by atoms with van der Waals surface area (Å²) in [6, 6.07) is 19.3. The van der Waals surface area contributed by atoms with Crippen LogP contribution < -0.4 is 5.32 Å². The predicted octanol–water partition coefficient (Wildman–Crippen LogP) is 6.50. The van der Waals surface area contributed by atoms with Crippen molar-refractivity contribution in [3.63, 3.8) is 0 Å². The van der Waals surface area contributed by atoms with Crippen LogP contribution in [-0.4, -0.2) is 17.7 Å². The first-order chi connectivity index (χ1) is 15.8. The summed E-state index contributed by atoms with van der Waals surface area (Å²) in [6.07, 6.45) is 4.80. The third kappa shape index (κ3) is 4.29. The van der Waals surface area contributed by atoms with Crippen LogP contribution in [0.1, 0.15) is 63.8 Å². The van der Waals surface area contributed by atoms with E-state index >= 15 is 0 Å². The topological polar surface area (TPSA) is 46.2 Å². The van der Waals surface area contributed by atoms with E-state index in [1.54, 1.807) is 18.3 Å². The molecule has 3 aromatic rings. The summed E-state index contributed by atoms with van der Waals surface area (Å²) in [6.45, 7) is 5.88. The van der Waals surface area contributed by atoms with E-state index in [1.807, 2.05) is 6.07 Å². The van der Waals surface area contributed by atoms with Crippen LogP contribution in [0.15, 0.2) is 54.6 Å². The summed E-state index contributed by atoms with van der Waals surface area (Å²) in [5.74, 6) is 0.633. The van der Waals surface area contributed by atoms with E-state index in [-0.39, 0.29) is 17.9 Å². The van der Waals surface area contributed by atoms with Crippen LogP contribution in [0, 0.1) is 25.2 Å². The van der Waals surface area contributed by atoms with Gasteiger partial charge in [0.15, 0.2) is 0 Å². The highest BCUT2D eigenvalue weighted by Gasteiger charge is 2.54. The molecule has 1 aromatic heterocycles. The number of benzene rings is 2. The van der Waals surface area contributed by atoms with Gasteiger partial charge in [-0.25, -0.2) is 0 Å². The van der Waals surface area contributed by atoms with E-state index in [2.05, 4.69) is 67.7 Å². The predicted molar refractivity (Wildman–Crippen MR) is 135 cm³/mol. The minimum atomic E-state index is 0.0633. The SMILES string of the molecule is CC(=O)C1CC2(CC(NC(=O)c3c(C)sc(C)c3Cc3cccc(-c4ccccc4)c3)C2)C1. The number of nitrogens with one attached hydrogen (secondary N) is 1. The second-order valence-electron chi connectivity index (χ2n) is 10.1. The minimum absolute atomic E-state index is 0.0633. The van der Waals surface area contributed by atoms with Crippen LogP contribution in [0.2, 0.25) is 0 Å². The fourth-order valence-electron chi connectivity index (χ4n) is 5.89. The zero-order valence-electron chi connectivity index (χ0n) is 19.6. The first kappa shape index (κ1) is 22.1. The van der Waals surface area contributed by atoms with E-state index in [0.717, 1.165) is 48.1 Å². The number of amides is 1. The number of rotatable bonds is 6. The largest absolute Gasteiger partial charge is 0.349 e. The zero-order chi connectivity index (χ0) is 23.2. The molecule has 2 fully saturated rings. The molecule has 0 bridgehead atoms. The van der Waals surface area contributed by atoms with E-state index in [1.165, 1.54) is 21.6 Å². The molecular weight excluding hydrogens is 426 g/mol. The van der Waals surface area contributed by atoms with Gasteiger partial charge in [-0.3, -0.25) is 9.59 Å². The molecule has 1 N–H and O–H groups in total. The average Bonchev–Trinajstić information content (AvgIpc) is 3.02. The monoisotopic (exact) mass is 457 g/mol. The van der Waals surface area contributed by atoms with Crippen LogP contribution in [0.25, 0.3) is 11.1 Å². The lowest BCUT2D eigenvalue weighted by Crippen LogP contribution is -2.57. The molecule has 1 heterocycles. The molecule has 1 amide bonds. The molecular formula is C29H31NO2S. The van der Waals surface area contributed by atoms with Crippen molar-refractivity contribution in [2.75, 3.05) is 0 Å². The number of carbonyl (C=O) groups is 2. The summed E-state index contributed by atoms with van der Waals surface area (Å²) < 4.78 is 0. The first-order valence-electron chi connectivity index (χ1n) is 11.9. The molecule has 0 atom stereocenters. The van der Waals surface area contributed by atoms with Gasteiger partial charge in [0.25, 0.3) is 5.91 Å². The quantitative estimate of drug-likeness (QED) is 0.459. The van der Waals surface area contributed by atoms with Gasteiger partial charge in [-0.2, -0.15) is 0 Å². The van der Waals surface area contributed by atoms with E-state index < -0.39 is 0 Å². The Morgan fingerprint density at radius 1 is 0.939 bits per heavy atom. The molecule has 1 spiro atoms. The third-order valence-corrected chi connectivity index (χ3v) is 8.72. The van der Waals surface area contributed by atoms with Crippen LogP contribution in [0.3, 0.4) is 0 Å². The third-order valence-electron chi connectivity index (χ3n) is 7.65. The lowest BCUT2D eigenvalue weighted by molar-refractivity contribution is -0.134. The summed E-state index contributed by atoms with van der Waals surface area (Å²) in [5.41, 5.74) is 5.95. The summed E-state index contributed by atoms with van der Waals surface area (Å²) in [7, 11) is 0. The number of ketones is 1. The number of thiophene rings is 1. The molecule has 0 radical (unpaired) electrons. The Morgan fingerprint density at radius 3 is 2.33 bits per heavy atom. The van der Waals surface area contributed by atoms with Crippen molar-refractivity contribution in [3.05, 3.63) is 81.0 Å². The maximum absolute atomic E-state index is 13.3. The van der Waals surface area contributed by atoms with Crippen molar-refractivity contribution in [1.82, 2.24) is 5.32 Å². The molecule has 4 heteroatoms. The van der Waals surface area contributed by atoms with Gasteiger partial charge in [0.05, 0.1) is 5.56 Å². The molecule has 0 aliphatic heterocycles. The Morgan fingerprint density at radius 2 is 1.64 bits per heavy atom. The standard InChI is InChI=1S/C29H31NO2S/c1-18(31)24-14-29(15-24)16-25(17-29)30-28(32)27-20(3)33-19(2)26(27)13-21-8-7-11-23(12-21)22-9-5-4-6-10-22/h4-12,24-25H,13-17H2,1-3H3,(H,30,32). The Balaban J connectivity index is 1.29. The molecule has 2 aliphatic carbocycles. The highest BCUT2D eigenvalue weighted by atomic mass is 32.1. The molecule has 0 unspecified atom stereocenters. The maximum Gasteiger partial charge on any atom is 0.252 e. The summed E-state index contributed by atoms with van der Waals surface area (Å²) >= 11 is 1.72. The normalized spacial score (nSPS) is 23.6. The Bertz CT molecular complexity index is 1200. The van der Waals surface area contributed by atoms with E-state index in [4.69, 9.17) is 0 Å². The highest BCUT2D eigenvalue weighted by molar-refractivity contribution is 7.12. The summed E-state index contributed by atoms with van der Waals surface area (Å²) in [4.78, 5) is 27.2. The molecule has 5 rings (SSSR count). The van der Waals surface area contributed by atoms with Gasteiger partial charge in [0.2, 0.25) is 0 Å². The van der Waals surface area contributed by atoms with Crippen LogP contribution in [-0.2, 0) is 11.2 Å². The second-order valence-corrected chi connectivity index (χ2v) is 11.5. The van der Waals surface area contributed by atoms with Gasteiger partial charge >= 0.3 is 0 Å². The zero-order valence-corrected chi connectivity index (χ0v) is 20.4. The maximum atomic E-state index is 13.3. The smallest absolute Gasteiger partial charge is 0.252 e. The Hall–Kier alpha value is -2.72. The van der Waals surface area contributed by atoms with Gasteiger partial charge in [0.1, 0.15) is 5.78 Å². The fourth-order valence-corrected chi connectivity index (χ4v) is 6.96. The summed E-state index contributed by atoms with van der Waals surface area (Å²) in [5, 5.41) is 3.30. The molecule has 2 aromatic carbocycles. The van der Waals surface area contributed by atoms with E-state index in [9.17, 15) is 9.59 Å². The number of hydrogen-bond acceptors (Lipinski definition) is 3. The lowest BCUT2D eigenvalue weighted by Gasteiger charge is -2.57. The van der Waals surface area contributed by atoms with Gasteiger partial charge in [0, 0.05) is 21.7 Å². The molecule has 170 valence electrons. The van der Waals surface area contributed by atoms with Crippen molar-refractivity contribution in [2.45, 2.75) is 58.9 Å². The van der Waals surface area contributed by atoms with Crippen molar-refractivity contribution >= 4 is 23.0 Å². The van der Waals surface area contributed by atoms with E-state index in [0.29, 0.717) is 11.2 Å². The molecule has 2 saturated carbocycles. The van der Waals surface area contributed by atoms with Crippen LogP contribution in [0.4, 0.5) is 0 Å². The first-order valence-corrected chi connectivity index (χ1v) is 12.7. The fraction of sp³-hybridized carbons (Fsp3) is 0.379. The average molecular weight is 458 g/mol. The van der Waals surface area contributed by atoms with Gasteiger partial charge in [-0.15, -0.1) is 11.3 Å². The number of aryl methyl sites for hydroxylation is 2. The Labute approximate surface area is 200 Å². The highest BCUT2D eigenvalue weighted by Crippen LogP contribution is 2.58. The lowest BCUT2D eigenvalue weighted by atomic mass is 9.49. The number of carbonyl (C=O) groups excluding carboxylic acids is 2. The van der Waals surface area contributed by atoms with Gasteiger partial charge in [-0.1, -0.05) is 54.6 Å². The minimum Gasteiger partial charge on any atom is -0.349 e. The molecule has 2 aliphatic rings. The number of hydrogen-bond donors (Lipinski definition) is 1. The second kappa shape index (κ2) is 8.57. The Kier molecular flexibility index (Phi) is 5.74. The van der Waals surface area contributed by atoms with Crippen molar-refractivity contribution in [3.8, 4) is 11.1 Å². The van der Waals surface area contributed by atoms with Gasteiger partial charge < -0.3 is 5.32 Å². The number of Topliss-reactive ketones (excluding diaryl/α,β-unsaturated/α-hetero) is 1. The van der Waals surface area contributed by atoms with Crippen LogP contribution >= 0.6 is 11.3 Å². The van der Waals surface area contributed by atoms with Gasteiger partial charge in [-0.05, 0) is 80.5 Å².